The van der Waals surface area contributed by atoms with Gasteiger partial charge in [-0.05, 0) is 12.2 Å². The van der Waals surface area contributed by atoms with Crippen molar-refractivity contribution in [2.45, 2.75) is 9.96 Å². The second-order valence-electron chi connectivity index (χ2n) is 3.44. The summed E-state index contributed by atoms with van der Waals surface area (Å²) in [7, 11) is 0. The average molecular weight is 389 g/mol. The van der Waals surface area contributed by atoms with Gasteiger partial charge in [-0.3, -0.25) is 4.57 Å². The Labute approximate surface area is 131 Å². The lowest BCUT2D eigenvalue weighted by molar-refractivity contribution is 0.620. The molecule has 0 fully saturated rings. The van der Waals surface area contributed by atoms with E-state index in [2.05, 4.69) is 21.0 Å². The van der Waals surface area contributed by atoms with Gasteiger partial charge in [0.2, 0.25) is 0 Å². The summed E-state index contributed by atoms with van der Waals surface area (Å²) in [5.74, 6) is 0. The summed E-state index contributed by atoms with van der Waals surface area (Å²) in [6.45, 7) is 0. The third-order valence-corrected chi connectivity index (χ3v) is 3.58. The first-order valence-corrected chi connectivity index (χ1v) is 6.97. The molecule has 1 aliphatic rings. The van der Waals surface area contributed by atoms with Crippen molar-refractivity contribution in [3.05, 3.63) is 39.5 Å². The van der Waals surface area contributed by atoms with Crippen molar-refractivity contribution < 1.29 is 0 Å². The lowest BCUT2D eigenvalue weighted by atomic mass is 10.1. The van der Waals surface area contributed by atoms with Gasteiger partial charge in [-0.15, -0.1) is 0 Å². The smallest absolute Gasteiger partial charge is 0.269 e. The Morgan fingerprint density at radius 1 is 1.44 bits per heavy atom. The summed E-state index contributed by atoms with van der Waals surface area (Å²) in [6, 6.07) is -0.408. The predicted molar refractivity (Wildman–Crippen MR) is 79.8 cm³/mol. The molecule has 1 atom stereocenters. The highest BCUT2D eigenvalue weighted by atomic mass is 79.9. The van der Waals surface area contributed by atoms with E-state index in [1.54, 1.807) is 18.2 Å². The number of alkyl halides is 3. The minimum atomic E-state index is -1.92. The van der Waals surface area contributed by atoms with Crippen LogP contribution in [0.15, 0.2) is 33.8 Å². The van der Waals surface area contributed by atoms with Gasteiger partial charge in [-0.25, -0.2) is 4.79 Å². The molecule has 1 unspecified atom stereocenters. The zero-order valence-electron chi connectivity index (χ0n) is 8.56. The van der Waals surface area contributed by atoms with Crippen molar-refractivity contribution in [1.82, 2.24) is 14.3 Å². The van der Waals surface area contributed by atoms with Gasteiger partial charge in [0.25, 0.3) is 3.92 Å². The number of halogens is 4. The lowest BCUT2D eigenvalue weighted by Crippen LogP contribution is -2.34. The number of hydrogen-bond donors (Lipinski definition) is 0. The second-order valence-corrected chi connectivity index (χ2v) is 7.04. The van der Waals surface area contributed by atoms with Crippen LogP contribution in [-0.4, -0.2) is 19.2 Å². The number of thiocarbonyl (C=S) groups is 1. The molecule has 18 heavy (non-hydrogen) atoms. The highest BCUT2D eigenvalue weighted by Gasteiger charge is 2.29. The van der Waals surface area contributed by atoms with Crippen LogP contribution in [-0.2, 0) is 3.92 Å². The number of hydrogen-bond acceptors (Lipinski definition) is 3. The van der Waals surface area contributed by atoms with Crippen LogP contribution < -0.4 is 5.69 Å². The van der Waals surface area contributed by atoms with E-state index in [0.717, 1.165) is 9.16 Å². The molecular weight excluding hydrogens is 384 g/mol. The largest absolute Gasteiger partial charge is 0.350 e. The molecule has 0 aromatic carbocycles. The van der Waals surface area contributed by atoms with Gasteiger partial charge in [0.15, 0.2) is 0 Å². The van der Waals surface area contributed by atoms with E-state index in [1.807, 2.05) is 0 Å². The van der Waals surface area contributed by atoms with Gasteiger partial charge < -0.3 is 0 Å². The topological polar surface area (TPSA) is 39.8 Å². The monoisotopic (exact) mass is 387 g/mol. The molecule has 0 saturated heterocycles. The van der Waals surface area contributed by atoms with Crippen molar-refractivity contribution >= 4 is 67.8 Å². The van der Waals surface area contributed by atoms with Crippen LogP contribution in [0.1, 0.15) is 6.04 Å². The van der Waals surface area contributed by atoms with Crippen LogP contribution in [0.5, 0.6) is 0 Å². The van der Waals surface area contributed by atoms with Crippen LogP contribution >= 0.6 is 63.0 Å². The molecule has 0 bridgehead atoms. The molecule has 1 aliphatic carbocycles. The molecule has 0 N–H and O–H groups in total. The highest BCUT2D eigenvalue weighted by molar-refractivity contribution is 9.11. The Morgan fingerprint density at radius 2 is 2.11 bits per heavy atom. The van der Waals surface area contributed by atoms with E-state index in [-0.39, 0.29) is 0 Å². The first kappa shape index (κ1) is 14.3. The quantitative estimate of drug-likeness (QED) is 0.547. The molecular formula is C9H5BrCl3N3OS. The average Bonchev–Trinajstić information content (AvgIpc) is 2.60. The molecule has 0 spiro atoms. The maximum atomic E-state index is 12.0. The maximum absolute atomic E-state index is 12.0. The first-order valence-electron chi connectivity index (χ1n) is 4.63. The minimum absolute atomic E-state index is 0.408. The fourth-order valence-corrected chi connectivity index (χ4v) is 2.67. The summed E-state index contributed by atoms with van der Waals surface area (Å²) >= 11 is 25.4. The zero-order chi connectivity index (χ0) is 13.5. The first-order chi connectivity index (χ1) is 8.30. The molecule has 1 aromatic rings. The molecule has 2 rings (SSSR count). The van der Waals surface area contributed by atoms with Crippen molar-refractivity contribution in [2.75, 3.05) is 0 Å². The van der Waals surface area contributed by atoms with Crippen LogP contribution in [0.25, 0.3) is 0 Å². The van der Waals surface area contributed by atoms with E-state index in [1.165, 1.54) is 10.9 Å². The minimum Gasteiger partial charge on any atom is -0.269 e. The van der Waals surface area contributed by atoms with E-state index in [0.29, 0.717) is 4.86 Å². The molecule has 0 aliphatic heterocycles. The third-order valence-electron chi connectivity index (χ3n) is 2.24. The molecule has 4 nitrogen and oxygen atoms in total. The Kier molecular flexibility index (Phi) is 4.04. The fraction of sp³-hybridized carbons (Fsp3) is 0.222. The van der Waals surface area contributed by atoms with E-state index in [9.17, 15) is 4.79 Å². The summed E-state index contributed by atoms with van der Waals surface area (Å²) in [4.78, 5) is 12.6. The summed E-state index contributed by atoms with van der Waals surface area (Å²) in [5, 5.41) is 3.76. The van der Waals surface area contributed by atoms with Crippen LogP contribution in [0.3, 0.4) is 0 Å². The van der Waals surface area contributed by atoms with E-state index >= 15 is 0 Å². The fourth-order valence-electron chi connectivity index (χ4n) is 1.46. The number of aromatic nitrogens is 3. The number of rotatable bonds is 1. The molecule has 1 aromatic heterocycles. The molecule has 0 radical (unpaired) electrons. The summed E-state index contributed by atoms with van der Waals surface area (Å²) in [5.41, 5.74) is -0.543. The zero-order valence-corrected chi connectivity index (χ0v) is 13.2. The van der Waals surface area contributed by atoms with Gasteiger partial charge in [-0.1, -0.05) is 69.0 Å². The number of nitrogens with zero attached hydrogens (tertiary/aromatic N) is 3. The van der Waals surface area contributed by atoms with Gasteiger partial charge in [0.05, 0.1) is 6.04 Å². The predicted octanol–water partition coefficient (Wildman–Crippen LogP) is 3.09. The van der Waals surface area contributed by atoms with Crippen molar-refractivity contribution in [3.8, 4) is 0 Å². The van der Waals surface area contributed by atoms with Crippen LogP contribution in [0.2, 0.25) is 0 Å². The molecule has 1 heterocycles. The second kappa shape index (κ2) is 5.09. The van der Waals surface area contributed by atoms with E-state index in [4.69, 9.17) is 47.0 Å². The maximum Gasteiger partial charge on any atom is 0.350 e. The van der Waals surface area contributed by atoms with Gasteiger partial charge in [0, 0.05) is 9.35 Å². The Hall–Kier alpha value is -0.140. The lowest BCUT2D eigenvalue weighted by Gasteiger charge is -2.16. The number of allylic oxidation sites excluding steroid dienone is 4. The van der Waals surface area contributed by atoms with Crippen molar-refractivity contribution in [2.24, 2.45) is 0 Å². The van der Waals surface area contributed by atoms with Crippen LogP contribution in [0, 0.1) is 0 Å². The van der Waals surface area contributed by atoms with E-state index < -0.39 is 15.6 Å². The standard InChI is InChI=1S/C9H5BrCl3N3OS/c10-5-1-2-6(7(18)3-5)15-4-14-16(8(15)17)9(11,12)13/h1-4,6H. The molecule has 96 valence electrons. The van der Waals surface area contributed by atoms with Crippen LogP contribution in [0.4, 0.5) is 0 Å². The highest BCUT2D eigenvalue weighted by Crippen LogP contribution is 2.30. The Bertz CT molecular complexity index is 613. The Balaban J connectivity index is 2.44. The molecule has 9 heteroatoms. The molecule has 0 amide bonds. The van der Waals surface area contributed by atoms with Gasteiger partial charge in [0.1, 0.15) is 6.33 Å². The van der Waals surface area contributed by atoms with Crippen molar-refractivity contribution in [1.29, 1.82) is 0 Å². The summed E-state index contributed by atoms with van der Waals surface area (Å²) in [6.07, 6.45) is 6.58. The molecule has 0 saturated carbocycles. The van der Waals surface area contributed by atoms with Gasteiger partial charge >= 0.3 is 5.69 Å². The normalized spacial score (nSPS) is 20.1. The third kappa shape index (κ3) is 2.72. The SMILES string of the molecule is O=c1n(C2C=CC(Br)=CC2=S)cnn1C(Cl)(Cl)Cl. The summed E-state index contributed by atoms with van der Waals surface area (Å²) < 4.78 is 0.988. The van der Waals surface area contributed by atoms with Gasteiger partial charge in [-0.2, -0.15) is 9.78 Å². The van der Waals surface area contributed by atoms with Crippen molar-refractivity contribution in [3.63, 3.8) is 0 Å². The Morgan fingerprint density at radius 3 is 2.61 bits per heavy atom.